The molecule has 4 heteroatoms. The zero-order valence-corrected chi connectivity index (χ0v) is 16.5. The number of piperidine rings is 1. The maximum atomic E-state index is 12.5. The van der Waals surface area contributed by atoms with Crippen molar-refractivity contribution in [2.24, 2.45) is 17.8 Å². The third kappa shape index (κ3) is 5.99. The molecule has 2 saturated carbocycles. The molecule has 2 atom stereocenters. The van der Waals surface area contributed by atoms with Crippen LogP contribution in [-0.2, 0) is 9.59 Å². The van der Waals surface area contributed by atoms with Gasteiger partial charge in [-0.25, -0.2) is 0 Å². The largest absolute Gasteiger partial charge is 0.356 e. The fourth-order valence-corrected chi connectivity index (χ4v) is 5.29. The Morgan fingerprint density at radius 1 is 0.808 bits per heavy atom. The van der Waals surface area contributed by atoms with E-state index in [2.05, 4.69) is 10.2 Å². The van der Waals surface area contributed by atoms with Gasteiger partial charge in [0, 0.05) is 32.5 Å². The van der Waals surface area contributed by atoms with E-state index in [0.29, 0.717) is 24.7 Å². The van der Waals surface area contributed by atoms with Gasteiger partial charge in [-0.1, -0.05) is 38.5 Å². The number of carbonyl (C=O) groups excluding carboxylic acids is 2. The van der Waals surface area contributed by atoms with E-state index in [1.807, 2.05) is 0 Å². The molecule has 1 N–H and O–H groups in total. The molecular formula is C22H38N2O2. The first-order chi connectivity index (χ1) is 12.7. The predicted molar refractivity (Wildman–Crippen MR) is 105 cm³/mol. The first-order valence-corrected chi connectivity index (χ1v) is 11.3. The summed E-state index contributed by atoms with van der Waals surface area (Å²) in [6.07, 6.45) is 16.0. The summed E-state index contributed by atoms with van der Waals surface area (Å²) >= 11 is 0. The van der Waals surface area contributed by atoms with Crippen LogP contribution >= 0.6 is 0 Å². The van der Waals surface area contributed by atoms with Gasteiger partial charge in [-0.3, -0.25) is 9.59 Å². The predicted octanol–water partition coefficient (Wildman–Crippen LogP) is 4.28. The Balaban J connectivity index is 1.25. The van der Waals surface area contributed by atoms with Crippen LogP contribution in [0.2, 0.25) is 0 Å². The van der Waals surface area contributed by atoms with Gasteiger partial charge in [-0.15, -0.1) is 0 Å². The van der Waals surface area contributed by atoms with Crippen molar-refractivity contribution in [3.8, 4) is 0 Å². The van der Waals surface area contributed by atoms with Crippen molar-refractivity contribution in [3.05, 3.63) is 0 Å². The van der Waals surface area contributed by atoms with Crippen LogP contribution in [0.3, 0.4) is 0 Å². The average molecular weight is 363 g/mol. The fraction of sp³-hybridized carbons (Fsp3) is 0.909. The molecule has 0 aromatic rings. The van der Waals surface area contributed by atoms with Gasteiger partial charge in [0.05, 0.1) is 0 Å². The van der Waals surface area contributed by atoms with Gasteiger partial charge in [-0.05, 0) is 56.3 Å². The third-order valence-corrected chi connectivity index (χ3v) is 7.00. The molecule has 2 unspecified atom stereocenters. The summed E-state index contributed by atoms with van der Waals surface area (Å²) in [7, 11) is 0. The van der Waals surface area contributed by atoms with E-state index in [-0.39, 0.29) is 5.91 Å². The highest BCUT2D eigenvalue weighted by Crippen LogP contribution is 2.36. The lowest BCUT2D eigenvalue weighted by molar-refractivity contribution is -0.134. The lowest BCUT2D eigenvalue weighted by Gasteiger charge is -2.41. The maximum Gasteiger partial charge on any atom is 0.222 e. The summed E-state index contributed by atoms with van der Waals surface area (Å²) in [4.78, 5) is 26.6. The monoisotopic (exact) mass is 362 g/mol. The zero-order valence-electron chi connectivity index (χ0n) is 16.5. The number of nitrogens with zero attached hydrogens (tertiary/aromatic N) is 1. The molecule has 0 spiro atoms. The Kier molecular flexibility index (Phi) is 7.82. The van der Waals surface area contributed by atoms with Crippen molar-refractivity contribution in [1.82, 2.24) is 10.2 Å². The molecule has 2 amide bonds. The third-order valence-electron chi connectivity index (χ3n) is 7.00. The normalized spacial score (nSPS) is 27.0. The first-order valence-electron chi connectivity index (χ1n) is 11.3. The average Bonchev–Trinajstić information content (AvgIpc) is 2.70. The second-order valence-corrected chi connectivity index (χ2v) is 8.95. The van der Waals surface area contributed by atoms with Crippen LogP contribution in [0.1, 0.15) is 89.9 Å². The Bertz CT molecular complexity index is 459. The Labute approximate surface area is 159 Å². The Hall–Kier alpha value is -1.06. The molecule has 1 saturated heterocycles. The SMILES string of the molecule is O=C(CCCCC(=O)N1CCC2CCCCC2C1)NCC1CCCCC1. The number of nitrogens with one attached hydrogen (secondary N) is 1. The maximum absolute atomic E-state index is 12.5. The van der Waals surface area contributed by atoms with E-state index in [1.54, 1.807) is 0 Å². The number of carbonyl (C=O) groups is 2. The van der Waals surface area contributed by atoms with Gasteiger partial charge in [-0.2, -0.15) is 0 Å². The molecule has 3 fully saturated rings. The molecule has 148 valence electrons. The van der Waals surface area contributed by atoms with Crippen LogP contribution in [0.25, 0.3) is 0 Å². The van der Waals surface area contributed by atoms with E-state index in [4.69, 9.17) is 0 Å². The smallest absolute Gasteiger partial charge is 0.222 e. The molecule has 3 rings (SSSR count). The lowest BCUT2D eigenvalue weighted by Crippen LogP contribution is -2.44. The van der Waals surface area contributed by atoms with Gasteiger partial charge in [0.2, 0.25) is 11.8 Å². The summed E-state index contributed by atoms with van der Waals surface area (Å²) in [6.45, 7) is 2.81. The number of amides is 2. The molecule has 26 heavy (non-hydrogen) atoms. The van der Waals surface area contributed by atoms with E-state index in [0.717, 1.165) is 44.3 Å². The number of hydrogen-bond donors (Lipinski definition) is 1. The highest BCUT2D eigenvalue weighted by molar-refractivity contribution is 5.77. The van der Waals surface area contributed by atoms with Gasteiger partial charge in [0.15, 0.2) is 0 Å². The first kappa shape index (κ1) is 19.7. The van der Waals surface area contributed by atoms with Crippen LogP contribution in [0.15, 0.2) is 0 Å². The summed E-state index contributed by atoms with van der Waals surface area (Å²) < 4.78 is 0. The number of rotatable bonds is 7. The van der Waals surface area contributed by atoms with Crippen LogP contribution in [0, 0.1) is 17.8 Å². The van der Waals surface area contributed by atoms with Crippen LogP contribution < -0.4 is 5.32 Å². The Morgan fingerprint density at radius 2 is 1.50 bits per heavy atom. The van der Waals surface area contributed by atoms with Crippen molar-refractivity contribution < 1.29 is 9.59 Å². The van der Waals surface area contributed by atoms with Gasteiger partial charge in [0.1, 0.15) is 0 Å². The van der Waals surface area contributed by atoms with E-state index >= 15 is 0 Å². The minimum Gasteiger partial charge on any atom is -0.356 e. The van der Waals surface area contributed by atoms with Gasteiger partial charge >= 0.3 is 0 Å². The summed E-state index contributed by atoms with van der Waals surface area (Å²) in [5.41, 5.74) is 0. The number of hydrogen-bond acceptors (Lipinski definition) is 2. The molecule has 1 heterocycles. The number of likely N-dealkylation sites (tertiary alicyclic amines) is 1. The Morgan fingerprint density at radius 3 is 2.31 bits per heavy atom. The second kappa shape index (κ2) is 10.3. The molecule has 0 radical (unpaired) electrons. The molecule has 0 aromatic carbocycles. The van der Waals surface area contributed by atoms with Crippen molar-refractivity contribution >= 4 is 11.8 Å². The van der Waals surface area contributed by atoms with Crippen LogP contribution in [0.5, 0.6) is 0 Å². The van der Waals surface area contributed by atoms with Crippen molar-refractivity contribution in [3.63, 3.8) is 0 Å². The van der Waals surface area contributed by atoms with Gasteiger partial charge in [0.25, 0.3) is 0 Å². The summed E-state index contributed by atoms with van der Waals surface area (Å²) in [5.74, 6) is 2.81. The highest BCUT2D eigenvalue weighted by Gasteiger charge is 2.32. The molecular weight excluding hydrogens is 324 g/mol. The molecule has 3 aliphatic rings. The minimum absolute atomic E-state index is 0.172. The molecule has 1 aliphatic heterocycles. The van der Waals surface area contributed by atoms with Crippen molar-refractivity contribution in [1.29, 1.82) is 0 Å². The number of fused-ring (bicyclic) bond motifs is 1. The molecule has 4 nitrogen and oxygen atoms in total. The van der Waals surface area contributed by atoms with E-state index in [1.165, 1.54) is 64.2 Å². The van der Waals surface area contributed by atoms with Crippen LogP contribution in [0.4, 0.5) is 0 Å². The van der Waals surface area contributed by atoms with Crippen LogP contribution in [-0.4, -0.2) is 36.3 Å². The minimum atomic E-state index is 0.172. The summed E-state index contributed by atoms with van der Waals surface area (Å²) in [6, 6.07) is 0. The zero-order chi connectivity index (χ0) is 18.2. The molecule has 2 aliphatic carbocycles. The van der Waals surface area contributed by atoms with Crippen molar-refractivity contribution in [2.45, 2.75) is 89.9 Å². The second-order valence-electron chi connectivity index (χ2n) is 8.95. The molecule has 0 aromatic heterocycles. The van der Waals surface area contributed by atoms with E-state index in [9.17, 15) is 9.59 Å². The highest BCUT2D eigenvalue weighted by atomic mass is 16.2. The van der Waals surface area contributed by atoms with E-state index < -0.39 is 0 Å². The molecule has 0 bridgehead atoms. The van der Waals surface area contributed by atoms with Crippen molar-refractivity contribution in [2.75, 3.05) is 19.6 Å². The lowest BCUT2D eigenvalue weighted by atomic mass is 9.75. The standard InChI is InChI=1S/C22H38N2O2/c25-21(23-16-18-8-2-1-3-9-18)12-6-7-13-22(26)24-15-14-19-10-4-5-11-20(19)17-24/h18-20H,1-17H2,(H,23,25). The number of unbranched alkanes of at least 4 members (excludes halogenated alkanes) is 1. The van der Waals surface area contributed by atoms with Gasteiger partial charge < -0.3 is 10.2 Å². The quantitative estimate of drug-likeness (QED) is 0.687. The topological polar surface area (TPSA) is 49.4 Å². The summed E-state index contributed by atoms with van der Waals surface area (Å²) in [5, 5.41) is 3.10. The fourth-order valence-electron chi connectivity index (χ4n) is 5.29.